The molecule has 4 aromatic rings. The summed E-state index contributed by atoms with van der Waals surface area (Å²) in [5.74, 6) is -0.204. The number of anilines is 1. The SMILES string of the molecule is O=C(Nc1nc2c(Br)cccc2s1)c1ccc2nsnc2c1. The number of carbonyl (C=O) groups is 1. The quantitative estimate of drug-likeness (QED) is 0.553. The van der Waals surface area contributed by atoms with Gasteiger partial charge in [0.2, 0.25) is 0 Å². The van der Waals surface area contributed by atoms with Crippen molar-refractivity contribution in [2.75, 3.05) is 5.32 Å². The molecule has 108 valence electrons. The van der Waals surface area contributed by atoms with Crippen LogP contribution < -0.4 is 5.32 Å². The minimum Gasteiger partial charge on any atom is -0.298 e. The second-order valence-electron chi connectivity index (χ2n) is 4.53. The van der Waals surface area contributed by atoms with Crippen molar-refractivity contribution < 1.29 is 4.79 Å². The molecule has 0 bridgehead atoms. The molecular formula is C14H7BrN4OS2. The maximum Gasteiger partial charge on any atom is 0.257 e. The second-order valence-corrected chi connectivity index (χ2v) is 6.94. The molecule has 0 aliphatic rings. The minimum absolute atomic E-state index is 0.204. The van der Waals surface area contributed by atoms with Crippen molar-refractivity contribution in [2.45, 2.75) is 0 Å². The van der Waals surface area contributed by atoms with Gasteiger partial charge in [-0.05, 0) is 46.3 Å². The molecule has 0 radical (unpaired) electrons. The van der Waals surface area contributed by atoms with E-state index in [0.29, 0.717) is 10.7 Å². The summed E-state index contributed by atoms with van der Waals surface area (Å²) in [6.07, 6.45) is 0. The fourth-order valence-corrected chi connectivity index (χ4v) is 4.05. The van der Waals surface area contributed by atoms with E-state index >= 15 is 0 Å². The predicted octanol–water partition coefficient (Wildman–Crippen LogP) is 4.32. The number of para-hydroxylation sites is 1. The summed E-state index contributed by atoms with van der Waals surface area (Å²) in [7, 11) is 0. The molecule has 0 saturated carbocycles. The Kier molecular flexibility index (Phi) is 3.36. The van der Waals surface area contributed by atoms with Crippen LogP contribution in [-0.2, 0) is 0 Å². The summed E-state index contributed by atoms with van der Waals surface area (Å²) in [5.41, 5.74) is 2.91. The van der Waals surface area contributed by atoms with Crippen LogP contribution >= 0.6 is 39.0 Å². The summed E-state index contributed by atoms with van der Waals surface area (Å²) in [6.45, 7) is 0. The Labute approximate surface area is 141 Å². The first kappa shape index (κ1) is 13.7. The molecule has 2 heterocycles. The third-order valence-corrected chi connectivity index (χ3v) is 5.24. The van der Waals surface area contributed by atoms with E-state index in [1.165, 1.54) is 11.3 Å². The number of hydrogen-bond acceptors (Lipinski definition) is 6. The molecule has 2 aromatic carbocycles. The number of nitrogens with zero attached hydrogens (tertiary/aromatic N) is 3. The summed E-state index contributed by atoms with van der Waals surface area (Å²) in [6, 6.07) is 11.1. The molecule has 0 fully saturated rings. The van der Waals surface area contributed by atoms with Crippen LogP contribution in [0.2, 0.25) is 0 Å². The highest BCUT2D eigenvalue weighted by atomic mass is 79.9. The summed E-state index contributed by atoms with van der Waals surface area (Å²) >= 11 is 6.04. The number of aromatic nitrogens is 3. The molecule has 0 saturated heterocycles. The molecule has 1 N–H and O–H groups in total. The van der Waals surface area contributed by atoms with Crippen molar-refractivity contribution >= 4 is 71.3 Å². The predicted molar refractivity (Wildman–Crippen MR) is 92.7 cm³/mol. The van der Waals surface area contributed by atoms with Crippen LogP contribution in [0.3, 0.4) is 0 Å². The number of amides is 1. The Morgan fingerprint density at radius 2 is 2.00 bits per heavy atom. The monoisotopic (exact) mass is 390 g/mol. The van der Waals surface area contributed by atoms with Gasteiger partial charge in [-0.15, -0.1) is 0 Å². The zero-order chi connectivity index (χ0) is 15.1. The van der Waals surface area contributed by atoms with E-state index in [2.05, 4.69) is 35.0 Å². The molecule has 8 heteroatoms. The van der Waals surface area contributed by atoms with E-state index in [9.17, 15) is 4.79 Å². The van der Waals surface area contributed by atoms with Crippen LogP contribution in [0, 0.1) is 0 Å². The maximum absolute atomic E-state index is 12.3. The first-order chi connectivity index (χ1) is 10.7. The number of thiazole rings is 1. The van der Waals surface area contributed by atoms with Gasteiger partial charge in [-0.1, -0.05) is 17.4 Å². The molecule has 0 atom stereocenters. The van der Waals surface area contributed by atoms with Crippen molar-refractivity contribution in [3.63, 3.8) is 0 Å². The molecule has 4 rings (SSSR count). The Hall–Kier alpha value is -1.90. The molecule has 1 amide bonds. The number of fused-ring (bicyclic) bond motifs is 2. The third kappa shape index (κ3) is 2.39. The molecule has 0 aliphatic heterocycles. The van der Waals surface area contributed by atoms with Gasteiger partial charge in [-0.2, -0.15) is 8.75 Å². The van der Waals surface area contributed by atoms with Gasteiger partial charge in [0.05, 0.1) is 21.9 Å². The van der Waals surface area contributed by atoms with Crippen molar-refractivity contribution in [1.29, 1.82) is 0 Å². The summed E-state index contributed by atoms with van der Waals surface area (Å²) in [5, 5.41) is 3.41. The van der Waals surface area contributed by atoms with Crippen LogP contribution in [-0.4, -0.2) is 19.6 Å². The molecule has 22 heavy (non-hydrogen) atoms. The first-order valence-corrected chi connectivity index (χ1v) is 8.63. The lowest BCUT2D eigenvalue weighted by molar-refractivity contribution is 0.102. The van der Waals surface area contributed by atoms with Crippen molar-refractivity contribution in [3.05, 3.63) is 46.4 Å². The average molecular weight is 391 g/mol. The van der Waals surface area contributed by atoms with Crippen molar-refractivity contribution in [3.8, 4) is 0 Å². The lowest BCUT2D eigenvalue weighted by Gasteiger charge is -2.00. The van der Waals surface area contributed by atoms with Crippen molar-refractivity contribution in [2.24, 2.45) is 0 Å². The molecule has 0 unspecified atom stereocenters. The van der Waals surface area contributed by atoms with Gasteiger partial charge in [0.15, 0.2) is 5.13 Å². The Bertz CT molecular complexity index is 1010. The fourth-order valence-electron chi connectivity index (χ4n) is 2.06. The molecule has 0 spiro atoms. The van der Waals surface area contributed by atoms with Gasteiger partial charge in [-0.25, -0.2) is 4.98 Å². The number of rotatable bonds is 2. The van der Waals surface area contributed by atoms with E-state index in [4.69, 9.17) is 0 Å². The van der Waals surface area contributed by atoms with Gasteiger partial charge in [0.1, 0.15) is 11.0 Å². The van der Waals surface area contributed by atoms with E-state index in [1.807, 2.05) is 18.2 Å². The Morgan fingerprint density at radius 3 is 2.86 bits per heavy atom. The smallest absolute Gasteiger partial charge is 0.257 e. The number of halogens is 1. The molecular weight excluding hydrogens is 384 g/mol. The van der Waals surface area contributed by atoms with Gasteiger partial charge < -0.3 is 0 Å². The molecule has 0 aliphatic carbocycles. The van der Waals surface area contributed by atoms with E-state index in [0.717, 1.165) is 37.5 Å². The highest BCUT2D eigenvalue weighted by Gasteiger charge is 2.12. The van der Waals surface area contributed by atoms with Crippen LogP contribution in [0.4, 0.5) is 5.13 Å². The van der Waals surface area contributed by atoms with Gasteiger partial charge >= 0.3 is 0 Å². The maximum atomic E-state index is 12.3. The van der Waals surface area contributed by atoms with Gasteiger partial charge in [0.25, 0.3) is 5.91 Å². The normalized spacial score (nSPS) is 11.1. The van der Waals surface area contributed by atoms with E-state index < -0.39 is 0 Å². The van der Waals surface area contributed by atoms with Crippen LogP contribution in [0.5, 0.6) is 0 Å². The second kappa shape index (κ2) is 5.38. The zero-order valence-corrected chi connectivity index (χ0v) is 14.1. The largest absolute Gasteiger partial charge is 0.298 e. The third-order valence-electron chi connectivity index (χ3n) is 3.11. The number of hydrogen-bond donors (Lipinski definition) is 1. The summed E-state index contributed by atoms with van der Waals surface area (Å²) < 4.78 is 10.2. The lowest BCUT2D eigenvalue weighted by Crippen LogP contribution is -2.11. The number of carbonyl (C=O) groups excluding carboxylic acids is 1. The van der Waals surface area contributed by atoms with Gasteiger partial charge in [-0.3, -0.25) is 10.1 Å². The van der Waals surface area contributed by atoms with Crippen LogP contribution in [0.25, 0.3) is 21.3 Å². The number of nitrogens with one attached hydrogen (secondary N) is 1. The van der Waals surface area contributed by atoms with Crippen molar-refractivity contribution in [1.82, 2.24) is 13.7 Å². The minimum atomic E-state index is -0.204. The topological polar surface area (TPSA) is 67.8 Å². The Morgan fingerprint density at radius 1 is 1.14 bits per heavy atom. The summed E-state index contributed by atoms with van der Waals surface area (Å²) in [4.78, 5) is 16.8. The van der Waals surface area contributed by atoms with Crippen LogP contribution in [0.15, 0.2) is 40.9 Å². The molecule has 2 aromatic heterocycles. The van der Waals surface area contributed by atoms with E-state index in [-0.39, 0.29) is 5.91 Å². The van der Waals surface area contributed by atoms with Crippen LogP contribution in [0.1, 0.15) is 10.4 Å². The first-order valence-electron chi connectivity index (χ1n) is 6.29. The standard InChI is InChI=1S/C14H7BrN4OS2/c15-8-2-1-3-11-12(8)16-14(21-11)17-13(20)7-4-5-9-10(6-7)19-22-18-9/h1-6H,(H,16,17,20). The van der Waals surface area contributed by atoms with E-state index in [1.54, 1.807) is 18.2 Å². The number of benzene rings is 2. The average Bonchev–Trinajstić information content (AvgIpc) is 3.13. The zero-order valence-electron chi connectivity index (χ0n) is 10.9. The van der Waals surface area contributed by atoms with Gasteiger partial charge in [0, 0.05) is 10.0 Å². The fraction of sp³-hybridized carbons (Fsp3) is 0. The highest BCUT2D eigenvalue weighted by Crippen LogP contribution is 2.31. The molecule has 5 nitrogen and oxygen atoms in total. The highest BCUT2D eigenvalue weighted by molar-refractivity contribution is 9.10. The Balaban J connectivity index is 1.66. The lowest BCUT2D eigenvalue weighted by atomic mass is 10.2.